The van der Waals surface area contributed by atoms with Gasteiger partial charge in [-0.15, -0.1) is 0 Å². The molecule has 1 aliphatic rings. The number of hydrogen-bond acceptors (Lipinski definition) is 4. The van der Waals surface area contributed by atoms with Crippen molar-refractivity contribution in [3.05, 3.63) is 57.9 Å². The third kappa shape index (κ3) is 4.66. The normalized spacial score (nSPS) is 15.5. The first-order valence-electron chi connectivity index (χ1n) is 7.79. The molecule has 2 aromatic rings. The molecule has 0 bridgehead atoms. The van der Waals surface area contributed by atoms with Crippen LogP contribution in [0.25, 0.3) is 17.2 Å². The second kappa shape index (κ2) is 8.47. The number of carbonyl (C=O) groups excluding carboxylic acids is 2. The second-order valence-electron chi connectivity index (χ2n) is 6.09. The Kier molecular flexibility index (Phi) is 6.84. The van der Waals surface area contributed by atoms with Gasteiger partial charge in [-0.25, -0.2) is 4.39 Å². The smallest absolute Gasteiger partial charge is 0.541 e. The molecule has 0 aliphatic carbocycles. The number of carboxylic acid groups (broad SMARTS) is 1. The van der Waals surface area contributed by atoms with Gasteiger partial charge in [0.25, 0.3) is 0 Å². The van der Waals surface area contributed by atoms with E-state index in [0.717, 1.165) is 12.1 Å². The fourth-order valence-corrected chi connectivity index (χ4v) is 3.03. The molecule has 0 saturated carbocycles. The number of halogens is 5. The van der Waals surface area contributed by atoms with Crippen LogP contribution in [0, 0.1) is 12.7 Å². The van der Waals surface area contributed by atoms with E-state index in [9.17, 15) is 32.3 Å². The van der Waals surface area contributed by atoms with E-state index in [1.54, 1.807) is 0 Å². The molecule has 4 nitrogen and oxygen atoms in total. The average molecular weight is 437 g/mol. The fourth-order valence-electron chi connectivity index (χ4n) is 2.80. The van der Waals surface area contributed by atoms with E-state index < -0.39 is 35.4 Å². The maximum absolute atomic E-state index is 13.9. The van der Waals surface area contributed by atoms with Gasteiger partial charge in [0, 0.05) is 16.1 Å². The number of benzene rings is 2. The van der Waals surface area contributed by atoms with Gasteiger partial charge in [0.05, 0.1) is 5.57 Å². The molecule has 0 N–H and O–H groups in total. The Balaban J connectivity index is 0.00000300. The molecule has 0 unspecified atom stereocenters. The quantitative estimate of drug-likeness (QED) is 0.399. The zero-order valence-corrected chi connectivity index (χ0v) is 17.8. The number of hydrogen-bond donors (Lipinski definition) is 0. The van der Waals surface area contributed by atoms with Crippen molar-refractivity contribution in [3.8, 4) is 16.9 Å². The van der Waals surface area contributed by atoms with E-state index in [-0.39, 0.29) is 57.0 Å². The van der Waals surface area contributed by atoms with Crippen LogP contribution < -0.4 is 39.4 Å². The van der Waals surface area contributed by atoms with Crippen LogP contribution in [-0.4, -0.2) is 24.0 Å². The first kappa shape index (κ1) is 23.4. The van der Waals surface area contributed by atoms with E-state index in [1.807, 2.05) is 0 Å². The number of aryl methyl sites for hydroxylation is 1. The van der Waals surface area contributed by atoms with Gasteiger partial charge in [0.1, 0.15) is 17.5 Å². The van der Waals surface area contributed by atoms with E-state index in [4.69, 9.17) is 16.3 Å². The summed E-state index contributed by atoms with van der Waals surface area (Å²) < 4.78 is 59.2. The molecule has 0 spiro atoms. The largest absolute Gasteiger partial charge is 1.00 e. The Labute approximate surface area is 189 Å². The summed E-state index contributed by atoms with van der Waals surface area (Å²) in [4.78, 5) is 22.5. The third-order valence-corrected chi connectivity index (χ3v) is 4.36. The van der Waals surface area contributed by atoms with Crippen LogP contribution in [0.15, 0.2) is 35.9 Å². The predicted molar refractivity (Wildman–Crippen MR) is 90.0 cm³/mol. The zero-order chi connectivity index (χ0) is 20.8. The minimum atomic E-state index is -5.08. The van der Waals surface area contributed by atoms with Crippen LogP contribution in [0.5, 0.6) is 5.75 Å². The van der Waals surface area contributed by atoms with Gasteiger partial charge in [-0.2, -0.15) is 13.2 Å². The van der Waals surface area contributed by atoms with Crippen LogP contribution in [0.2, 0.25) is 5.02 Å². The van der Waals surface area contributed by atoms with Crippen LogP contribution in [0.3, 0.4) is 0 Å². The number of ether oxygens (including phenoxy) is 1. The monoisotopic (exact) mass is 436 g/mol. The third-order valence-electron chi connectivity index (χ3n) is 4.14. The summed E-state index contributed by atoms with van der Waals surface area (Å²) in [7, 11) is 0. The number of carboxylic acids is 1. The van der Waals surface area contributed by atoms with Crippen molar-refractivity contribution in [3.63, 3.8) is 0 Å². The number of fused-ring (bicyclic) bond motifs is 1. The molecular formula is C19H10ClF4NaO4. The van der Waals surface area contributed by atoms with Crippen LogP contribution >= 0.6 is 11.6 Å². The van der Waals surface area contributed by atoms with Gasteiger partial charge >= 0.3 is 35.7 Å². The molecule has 0 saturated heterocycles. The summed E-state index contributed by atoms with van der Waals surface area (Å²) in [6.45, 7) is 1.52. The second-order valence-corrected chi connectivity index (χ2v) is 6.53. The van der Waals surface area contributed by atoms with Crippen molar-refractivity contribution in [2.24, 2.45) is 0 Å². The van der Waals surface area contributed by atoms with Crippen molar-refractivity contribution >= 4 is 29.4 Å². The molecule has 1 heterocycles. The van der Waals surface area contributed by atoms with Crippen molar-refractivity contribution in [1.29, 1.82) is 0 Å². The molecule has 0 fully saturated rings. The molecule has 29 heavy (non-hydrogen) atoms. The summed E-state index contributed by atoms with van der Waals surface area (Å²) in [6.07, 6.45) is -7.15. The number of aliphatic carboxylic acids is 1. The number of ketones is 1. The zero-order valence-electron chi connectivity index (χ0n) is 15.1. The van der Waals surface area contributed by atoms with E-state index in [2.05, 4.69) is 0 Å². The summed E-state index contributed by atoms with van der Waals surface area (Å²) in [5, 5.41) is 10.9. The molecule has 146 valence electrons. The summed E-state index contributed by atoms with van der Waals surface area (Å²) in [6, 6.07) is 6.51. The Bertz CT molecular complexity index is 1030. The fraction of sp³-hybridized carbons (Fsp3) is 0.158. The topological polar surface area (TPSA) is 66.4 Å². The molecule has 1 atom stereocenters. The first-order chi connectivity index (χ1) is 13.0. The Morgan fingerprint density at radius 1 is 1.17 bits per heavy atom. The minimum absolute atomic E-state index is 0. The molecule has 3 rings (SSSR count). The van der Waals surface area contributed by atoms with Gasteiger partial charge in [-0.1, -0.05) is 23.7 Å². The van der Waals surface area contributed by atoms with Gasteiger partial charge in [0.2, 0.25) is 11.9 Å². The summed E-state index contributed by atoms with van der Waals surface area (Å²) in [5.74, 6) is -5.03. The Morgan fingerprint density at radius 2 is 1.83 bits per heavy atom. The summed E-state index contributed by atoms with van der Waals surface area (Å²) in [5.41, 5.74) is -0.593. The average Bonchev–Trinajstić information content (AvgIpc) is 2.60. The Hall–Kier alpha value is -1.87. The number of Topliss-reactive ketones (excluding diaryl/α,β-unsaturated/α-hetero) is 1. The molecule has 1 aliphatic heterocycles. The summed E-state index contributed by atoms with van der Waals surface area (Å²) >= 11 is 6.00. The van der Waals surface area contributed by atoms with Crippen LogP contribution in [0.4, 0.5) is 17.6 Å². The van der Waals surface area contributed by atoms with Crippen molar-refractivity contribution < 1.29 is 66.6 Å². The van der Waals surface area contributed by atoms with E-state index in [1.165, 1.54) is 31.2 Å². The van der Waals surface area contributed by atoms with Crippen molar-refractivity contribution in [1.82, 2.24) is 0 Å². The van der Waals surface area contributed by atoms with Gasteiger partial charge < -0.3 is 14.6 Å². The Morgan fingerprint density at radius 3 is 2.38 bits per heavy atom. The van der Waals surface area contributed by atoms with E-state index >= 15 is 0 Å². The van der Waals surface area contributed by atoms with Gasteiger partial charge in [-0.05, 0) is 42.3 Å². The van der Waals surface area contributed by atoms with Crippen LogP contribution in [-0.2, 0) is 9.59 Å². The maximum atomic E-state index is 13.9. The maximum Gasteiger partial charge on any atom is 1.00 e. The van der Waals surface area contributed by atoms with Crippen molar-refractivity contribution in [2.45, 2.75) is 19.2 Å². The van der Waals surface area contributed by atoms with Crippen LogP contribution in [0.1, 0.15) is 11.1 Å². The van der Waals surface area contributed by atoms with Gasteiger partial charge in [-0.3, -0.25) is 4.79 Å². The van der Waals surface area contributed by atoms with E-state index in [0.29, 0.717) is 5.56 Å². The molecular weight excluding hydrogens is 427 g/mol. The minimum Gasteiger partial charge on any atom is -0.541 e. The molecule has 2 aromatic carbocycles. The molecule has 0 radical (unpaired) electrons. The predicted octanol–water partition coefficient (Wildman–Crippen LogP) is 0.484. The molecule has 0 amide bonds. The number of alkyl halides is 3. The first-order valence-corrected chi connectivity index (χ1v) is 8.17. The SMILES string of the molecule is Cc1ccc(-c2cc(Cl)cc3c2O[C@H](C(F)(F)F)C(C(=O)C(=O)[O-])=C3)cc1F.[Na+]. The number of carbonyl (C=O) groups is 2. The van der Waals surface area contributed by atoms with Gasteiger partial charge in [0.15, 0.2) is 0 Å². The standard InChI is InChI=1S/C19H11ClF4O4.Na/c1-8-2-3-9(6-14(8)21)12-7-11(20)4-10-5-13(15(25)18(26)27)17(19(22,23)24)28-16(10)12;/h2-7,17H,1H3,(H,26,27);/q;+1/p-1/t17-;/m0./s1. The van der Waals surface area contributed by atoms with Crippen molar-refractivity contribution in [2.75, 3.05) is 0 Å². The number of rotatable bonds is 3. The molecule has 10 heteroatoms. The molecule has 0 aromatic heterocycles.